The van der Waals surface area contributed by atoms with Crippen molar-refractivity contribution < 1.29 is 14.3 Å². The molecule has 1 amide bonds. The van der Waals surface area contributed by atoms with Crippen LogP contribution in [0.15, 0.2) is 36.7 Å². The number of nitrogens with two attached hydrogens (primary N) is 1. The molecule has 1 fully saturated rings. The molecule has 26 heavy (non-hydrogen) atoms. The predicted octanol–water partition coefficient (Wildman–Crippen LogP) is 1.93. The fraction of sp³-hybridized carbons (Fsp3) is 0.421. The minimum absolute atomic E-state index is 0.00527. The van der Waals surface area contributed by atoms with Crippen LogP contribution >= 0.6 is 0 Å². The number of morpholine rings is 1. The first-order chi connectivity index (χ1) is 12.7. The topological polar surface area (TPSA) is 90.6 Å². The summed E-state index contributed by atoms with van der Waals surface area (Å²) < 4.78 is 11.3. The van der Waals surface area contributed by atoms with Gasteiger partial charge in [-0.1, -0.05) is 0 Å². The summed E-state index contributed by atoms with van der Waals surface area (Å²) in [5.74, 6) is 0.835. The summed E-state index contributed by atoms with van der Waals surface area (Å²) in [5, 5.41) is 0. The molecule has 0 spiro atoms. The smallest absolute Gasteiger partial charge is 0.259 e. The van der Waals surface area contributed by atoms with Crippen molar-refractivity contribution in [3.63, 3.8) is 0 Å². The van der Waals surface area contributed by atoms with Gasteiger partial charge in [0.25, 0.3) is 5.91 Å². The lowest BCUT2D eigenvalue weighted by Crippen LogP contribution is -2.45. The normalized spacial score (nSPS) is 17.1. The van der Waals surface area contributed by atoms with Gasteiger partial charge in [0.05, 0.1) is 19.3 Å². The van der Waals surface area contributed by atoms with E-state index in [1.54, 1.807) is 24.5 Å². The molecule has 138 valence electrons. The molecule has 1 aliphatic heterocycles. The fourth-order valence-corrected chi connectivity index (χ4v) is 3.03. The van der Waals surface area contributed by atoms with E-state index in [-0.39, 0.29) is 12.0 Å². The van der Waals surface area contributed by atoms with Gasteiger partial charge >= 0.3 is 0 Å². The first kappa shape index (κ1) is 18.1. The quantitative estimate of drug-likeness (QED) is 0.850. The average Bonchev–Trinajstić information content (AvgIpc) is 2.67. The lowest BCUT2D eigenvalue weighted by atomic mass is 10.1. The number of nitrogens with zero attached hydrogens (tertiary/aromatic N) is 3. The van der Waals surface area contributed by atoms with E-state index in [0.717, 1.165) is 18.4 Å². The number of amides is 1. The molecule has 2 N–H and O–H groups in total. The number of anilines is 1. The van der Waals surface area contributed by atoms with Gasteiger partial charge in [0, 0.05) is 25.5 Å². The lowest BCUT2D eigenvalue weighted by Gasteiger charge is -2.33. The van der Waals surface area contributed by atoms with E-state index >= 15 is 0 Å². The molecule has 1 saturated heterocycles. The van der Waals surface area contributed by atoms with Gasteiger partial charge < -0.3 is 20.1 Å². The van der Waals surface area contributed by atoms with E-state index in [2.05, 4.69) is 9.97 Å². The number of carbonyl (C=O) groups is 1. The number of nitrogen functional groups attached to an aromatic ring is 1. The van der Waals surface area contributed by atoms with Crippen LogP contribution in [-0.2, 0) is 11.2 Å². The summed E-state index contributed by atoms with van der Waals surface area (Å²) in [5.41, 5.74) is 7.34. The number of ether oxygens (including phenoxy) is 2. The zero-order valence-electron chi connectivity index (χ0n) is 14.9. The Bertz CT molecular complexity index is 753. The number of carbonyl (C=O) groups excluding carboxylic acids is 1. The highest BCUT2D eigenvalue weighted by molar-refractivity contribution is 5.96. The Morgan fingerprint density at radius 2 is 2.27 bits per heavy atom. The van der Waals surface area contributed by atoms with Crippen molar-refractivity contribution in [2.75, 3.05) is 32.0 Å². The molecule has 7 nitrogen and oxygen atoms in total. The molecule has 0 aliphatic carbocycles. The van der Waals surface area contributed by atoms with Crippen molar-refractivity contribution in [2.24, 2.45) is 0 Å². The molecule has 7 heteroatoms. The van der Waals surface area contributed by atoms with Crippen LogP contribution in [0.25, 0.3) is 0 Å². The minimum Gasteiger partial charge on any atom is -0.477 e. The molecular weight excluding hydrogens is 332 g/mol. The van der Waals surface area contributed by atoms with Crippen LogP contribution in [0, 0.1) is 0 Å². The Morgan fingerprint density at radius 1 is 1.38 bits per heavy atom. The predicted molar refractivity (Wildman–Crippen MR) is 98.0 cm³/mol. The van der Waals surface area contributed by atoms with E-state index in [1.165, 1.54) is 0 Å². The highest BCUT2D eigenvalue weighted by Gasteiger charge is 2.27. The standard InChI is InChI=1S/C19H24N4O3/c1-2-25-18-16(4-3-8-22-18)19(24)23-10-11-26-15(13-23)6-5-14-7-9-21-17(20)12-14/h3-4,7-9,12,15H,2,5-6,10-11,13H2,1H3,(H2,20,21). The van der Waals surface area contributed by atoms with E-state index in [1.807, 2.05) is 24.0 Å². The van der Waals surface area contributed by atoms with Crippen LogP contribution in [0.3, 0.4) is 0 Å². The SMILES string of the molecule is CCOc1ncccc1C(=O)N1CCOC(CCc2ccnc(N)c2)C1. The van der Waals surface area contributed by atoms with Crippen molar-refractivity contribution in [3.05, 3.63) is 47.8 Å². The Hall–Kier alpha value is -2.67. The maximum atomic E-state index is 12.9. The molecule has 2 aromatic rings. The second-order valence-corrected chi connectivity index (χ2v) is 6.16. The van der Waals surface area contributed by atoms with E-state index in [4.69, 9.17) is 15.2 Å². The average molecular weight is 356 g/mol. The van der Waals surface area contributed by atoms with Crippen molar-refractivity contribution in [3.8, 4) is 5.88 Å². The van der Waals surface area contributed by atoms with Gasteiger partial charge in [-0.2, -0.15) is 0 Å². The number of hydrogen-bond donors (Lipinski definition) is 1. The van der Waals surface area contributed by atoms with Crippen LogP contribution in [0.4, 0.5) is 5.82 Å². The first-order valence-electron chi connectivity index (χ1n) is 8.86. The second kappa shape index (κ2) is 8.62. The molecular formula is C19H24N4O3. The summed E-state index contributed by atoms with van der Waals surface area (Å²) >= 11 is 0. The van der Waals surface area contributed by atoms with Crippen molar-refractivity contribution in [2.45, 2.75) is 25.9 Å². The number of aromatic nitrogens is 2. The van der Waals surface area contributed by atoms with Crippen LogP contribution < -0.4 is 10.5 Å². The third-order valence-electron chi connectivity index (χ3n) is 4.31. The maximum Gasteiger partial charge on any atom is 0.259 e. The van der Waals surface area contributed by atoms with E-state index < -0.39 is 0 Å². The van der Waals surface area contributed by atoms with Crippen LogP contribution in [-0.4, -0.2) is 53.2 Å². The van der Waals surface area contributed by atoms with Gasteiger partial charge in [-0.15, -0.1) is 0 Å². The number of hydrogen-bond acceptors (Lipinski definition) is 6. The van der Waals surface area contributed by atoms with Gasteiger partial charge in [-0.25, -0.2) is 9.97 Å². The Kier molecular flexibility index (Phi) is 6.01. The Balaban J connectivity index is 1.62. The number of aryl methyl sites for hydroxylation is 1. The third kappa shape index (κ3) is 4.49. The molecule has 0 saturated carbocycles. The van der Waals surface area contributed by atoms with Crippen molar-refractivity contribution in [1.29, 1.82) is 0 Å². The molecule has 1 unspecified atom stereocenters. The number of rotatable bonds is 6. The van der Waals surface area contributed by atoms with Crippen LogP contribution in [0.2, 0.25) is 0 Å². The Morgan fingerprint density at radius 3 is 3.08 bits per heavy atom. The molecule has 0 aromatic carbocycles. The van der Waals surface area contributed by atoms with Gasteiger partial charge in [-0.05, 0) is 49.6 Å². The summed E-state index contributed by atoms with van der Waals surface area (Å²) in [4.78, 5) is 22.9. The lowest BCUT2D eigenvalue weighted by molar-refractivity contribution is -0.0247. The highest BCUT2D eigenvalue weighted by Crippen LogP contribution is 2.20. The van der Waals surface area contributed by atoms with Gasteiger partial charge in [0.15, 0.2) is 0 Å². The minimum atomic E-state index is -0.0667. The summed E-state index contributed by atoms with van der Waals surface area (Å²) in [6.45, 7) is 3.99. The Labute approximate surface area is 153 Å². The summed E-state index contributed by atoms with van der Waals surface area (Å²) in [6.07, 6.45) is 4.98. The first-order valence-corrected chi connectivity index (χ1v) is 8.86. The zero-order valence-corrected chi connectivity index (χ0v) is 14.9. The number of pyridine rings is 2. The summed E-state index contributed by atoms with van der Waals surface area (Å²) in [6, 6.07) is 7.33. The van der Waals surface area contributed by atoms with E-state index in [9.17, 15) is 4.79 Å². The van der Waals surface area contributed by atoms with Crippen molar-refractivity contribution >= 4 is 11.7 Å². The second-order valence-electron chi connectivity index (χ2n) is 6.16. The van der Waals surface area contributed by atoms with Gasteiger partial charge in [-0.3, -0.25) is 4.79 Å². The monoisotopic (exact) mass is 356 g/mol. The zero-order chi connectivity index (χ0) is 18.4. The maximum absolute atomic E-state index is 12.9. The van der Waals surface area contributed by atoms with Gasteiger partial charge in [0.2, 0.25) is 5.88 Å². The molecule has 3 heterocycles. The highest BCUT2D eigenvalue weighted by atomic mass is 16.5. The van der Waals surface area contributed by atoms with Gasteiger partial charge in [0.1, 0.15) is 11.4 Å². The summed E-state index contributed by atoms with van der Waals surface area (Å²) in [7, 11) is 0. The molecule has 1 atom stereocenters. The molecule has 2 aromatic heterocycles. The largest absolute Gasteiger partial charge is 0.477 e. The van der Waals surface area contributed by atoms with Crippen molar-refractivity contribution in [1.82, 2.24) is 14.9 Å². The molecule has 1 aliphatic rings. The van der Waals surface area contributed by atoms with Crippen LogP contribution in [0.5, 0.6) is 5.88 Å². The van der Waals surface area contributed by atoms with Crippen LogP contribution in [0.1, 0.15) is 29.3 Å². The molecule has 3 rings (SSSR count). The molecule has 0 bridgehead atoms. The molecule has 0 radical (unpaired) electrons. The fourth-order valence-electron chi connectivity index (χ4n) is 3.03. The third-order valence-corrected chi connectivity index (χ3v) is 4.31. The van der Waals surface area contributed by atoms with E-state index in [0.29, 0.717) is 43.6 Å².